The van der Waals surface area contributed by atoms with Crippen LogP contribution in [-0.4, -0.2) is 14.2 Å². The quantitative estimate of drug-likeness (QED) is 0.842. The fraction of sp³-hybridized carbons (Fsp3) is 0.294. The number of methoxy groups -OCH3 is 2. The Hall–Kier alpha value is -1.52. The highest BCUT2D eigenvalue weighted by Gasteiger charge is 2.09. The van der Waals surface area contributed by atoms with Gasteiger partial charge >= 0.3 is 0 Å². The van der Waals surface area contributed by atoms with Gasteiger partial charge in [-0.1, -0.05) is 28.1 Å². The van der Waals surface area contributed by atoms with Gasteiger partial charge in [0.2, 0.25) is 0 Å². The topological polar surface area (TPSA) is 30.5 Å². The summed E-state index contributed by atoms with van der Waals surface area (Å²) in [6, 6.07) is 14.4. The van der Waals surface area contributed by atoms with Crippen molar-refractivity contribution in [2.24, 2.45) is 0 Å². The first kappa shape index (κ1) is 15.9. The first-order valence-corrected chi connectivity index (χ1v) is 7.63. The van der Waals surface area contributed by atoms with E-state index >= 15 is 0 Å². The average Bonchev–Trinajstić information content (AvgIpc) is 2.52. The Balaban J connectivity index is 2.06. The van der Waals surface area contributed by atoms with Crippen molar-refractivity contribution < 1.29 is 9.47 Å². The van der Waals surface area contributed by atoms with Gasteiger partial charge in [0.25, 0.3) is 0 Å². The molecule has 1 atom stereocenters. The number of hydrogen-bond donors (Lipinski definition) is 1. The Morgan fingerprint density at radius 1 is 1.10 bits per heavy atom. The molecule has 0 aliphatic rings. The Bertz CT molecular complexity index is 601. The summed E-state index contributed by atoms with van der Waals surface area (Å²) in [7, 11) is 3.38. The van der Waals surface area contributed by atoms with Gasteiger partial charge in [-0.25, -0.2) is 0 Å². The minimum Gasteiger partial charge on any atom is -0.497 e. The molecule has 0 bridgehead atoms. The SMILES string of the molecule is COc1cccc(C(C)NCc2cc(Br)ccc2OC)c1. The normalized spacial score (nSPS) is 12.0. The number of hydrogen-bond acceptors (Lipinski definition) is 3. The van der Waals surface area contributed by atoms with E-state index in [2.05, 4.69) is 46.4 Å². The predicted octanol–water partition coefficient (Wildman–Crippen LogP) is 4.32. The second-order valence-corrected chi connectivity index (χ2v) is 5.75. The van der Waals surface area contributed by atoms with E-state index in [9.17, 15) is 0 Å². The van der Waals surface area contributed by atoms with Crippen LogP contribution < -0.4 is 14.8 Å². The Morgan fingerprint density at radius 2 is 1.90 bits per heavy atom. The van der Waals surface area contributed by atoms with Gasteiger partial charge in [0.1, 0.15) is 11.5 Å². The molecule has 112 valence electrons. The lowest BCUT2D eigenvalue weighted by Gasteiger charge is -2.16. The maximum absolute atomic E-state index is 5.39. The minimum absolute atomic E-state index is 0.226. The van der Waals surface area contributed by atoms with Gasteiger partial charge in [-0.3, -0.25) is 0 Å². The summed E-state index contributed by atoms with van der Waals surface area (Å²) in [6.07, 6.45) is 0. The third-order valence-electron chi connectivity index (χ3n) is 3.43. The largest absolute Gasteiger partial charge is 0.497 e. The zero-order valence-electron chi connectivity index (χ0n) is 12.5. The van der Waals surface area contributed by atoms with Crippen molar-refractivity contribution in [2.75, 3.05) is 14.2 Å². The summed E-state index contributed by atoms with van der Waals surface area (Å²) in [5.41, 5.74) is 2.32. The van der Waals surface area contributed by atoms with Crippen LogP contribution in [0.4, 0.5) is 0 Å². The fourth-order valence-electron chi connectivity index (χ4n) is 2.18. The number of benzene rings is 2. The highest BCUT2D eigenvalue weighted by atomic mass is 79.9. The summed E-state index contributed by atoms with van der Waals surface area (Å²) in [6.45, 7) is 2.88. The van der Waals surface area contributed by atoms with E-state index in [1.54, 1.807) is 14.2 Å². The lowest BCUT2D eigenvalue weighted by atomic mass is 10.1. The van der Waals surface area contributed by atoms with E-state index in [-0.39, 0.29) is 6.04 Å². The van der Waals surface area contributed by atoms with E-state index < -0.39 is 0 Å². The zero-order valence-corrected chi connectivity index (χ0v) is 14.1. The van der Waals surface area contributed by atoms with Crippen molar-refractivity contribution >= 4 is 15.9 Å². The second-order valence-electron chi connectivity index (χ2n) is 4.84. The molecule has 0 aliphatic carbocycles. The fourth-order valence-corrected chi connectivity index (χ4v) is 2.59. The molecule has 0 radical (unpaired) electrons. The molecule has 21 heavy (non-hydrogen) atoms. The van der Waals surface area contributed by atoms with E-state index in [1.807, 2.05) is 24.3 Å². The maximum Gasteiger partial charge on any atom is 0.123 e. The van der Waals surface area contributed by atoms with Crippen LogP contribution in [-0.2, 0) is 6.54 Å². The lowest BCUT2D eigenvalue weighted by Crippen LogP contribution is -2.18. The van der Waals surface area contributed by atoms with E-state index in [1.165, 1.54) is 5.56 Å². The smallest absolute Gasteiger partial charge is 0.123 e. The second kappa shape index (κ2) is 7.48. The molecule has 4 heteroatoms. The lowest BCUT2D eigenvalue weighted by molar-refractivity contribution is 0.405. The number of nitrogens with one attached hydrogen (secondary N) is 1. The molecule has 0 saturated heterocycles. The molecule has 0 aliphatic heterocycles. The first-order chi connectivity index (χ1) is 10.1. The number of rotatable bonds is 6. The van der Waals surface area contributed by atoms with Crippen LogP contribution in [0.25, 0.3) is 0 Å². The van der Waals surface area contributed by atoms with Crippen molar-refractivity contribution in [1.29, 1.82) is 0 Å². The third-order valence-corrected chi connectivity index (χ3v) is 3.93. The molecule has 0 aromatic heterocycles. The molecule has 1 N–H and O–H groups in total. The van der Waals surface area contributed by atoms with Crippen LogP contribution >= 0.6 is 15.9 Å². The zero-order chi connectivity index (χ0) is 15.2. The van der Waals surface area contributed by atoms with Crippen molar-refractivity contribution in [3.05, 3.63) is 58.1 Å². The molecule has 0 saturated carbocycles. The average molecular weight is 350 g/mol. The molecule has 0 fully saturated rings. The van der Waals surface area contributed by atoms with Crippen LogP contribution in [0.15, 0.2) is 46.9 Å². The van der Waals surface area contributed by atoms with E-state index in [4.69, 9.17) is 9.47 Å². The standard InChI is InChI=1S/C17H20BrNO2/c1-12(13-5-4-6-16(10-13)20-2)19-11-14-9-15(18)7-8-17(14)21-3/h4-10,12,19H,11H2,1-3H3. The summed E-state index contributed by atoms with van der Waals surface area (Å²) in [5.74, 6) is 1.77. The van der Waals surface area contributed by atoms with Gasteiger partial charge in [-0.15, -0.1) is 0 Å². The van der Waals surface area contributed by atoms with Crippen LogP contribution in [0.1, 0.15) is 24.1 Å². The molecule has 2 aromatic rings. The van der Waals surface area contributed by atoms with E-state index in [0.717, 1.165) is 28.1 Å². The molecule has 0 spiro atoms. The van der Waals surface area contributed by atoms with Crippen LogP contribution in [0.5, 0.6) is 11.5 Å². The Kier molecular flexibility index (Phi) is 5.65. The van der Waals surface area contributed by atoms with Crippen molar-refractivity contribution in [3.8, 4) is 11.5 Å². The van der Waals surface area contributed by atoms with Gasteiger partial charge < -0.3 is 14.8 Å². The van der Waals surface area contributed by atoms with Crippen LogP contribution in [0, 0.1) is 0 Å². The summed E-state index contributed by atoms with van der Waals surface area (Å²) in [5, 5.41) is 3.51. The molecule has 2 aromatic carbocycles. The molecular formula is C17H20BrNO2. The van der Waals surface area contributed by atoms with Gasteiger partial charge in [0.15, 0.2) is 0 Å². The maximum atomic E-state index is 5.39. The monoisotopic (exact) mass is 349 g/mol. The van der Waals surface area contributed by atoms with Gasteiger partial charge in [0, 0.05) is 22.6 Å². The molecule has 2 rings (SSSR count). The molecular weight excluding hydrogens is 330 g/mol. The van der Waals surface area contributed by atoms with Crippen molar-refractivity contribution in [1.82, 2.24) is 5.32 Å². The highest BCUT2D eigenvalue weighted by Crippen LogP contribution is 2.24. The van der Waals surface area contributed by atoms with E-state index in [0.29, 0.717) is 0 Å². The minimum atomic E-state index is 0.226. The predicted molar refractivity (Wildman–Crippen MR) is 88.9 cm³/mol. The molecule has 1 unspecified atom stereocenters. The summed E-state index contributed by atoms with van der Waals surface area (Å²) in [4.78, 5) is 0. The molecule has 0 amide bonds. The summed E-state index contributed by atoms with van der Waals surface area (Å²) >= 11 is 3.50. The van der Waals surface area contributed by atoms with Crippen molar-refractivity contribution in [2.45, 2.75) is 19.5 Å². The van der Waals surface area contributed by atoms with Gasteiger partial charge in [0.05, 0.1) is 14.2 Å². The number of ether oxygens (including phenoxy) is 2. The molecule has 3 nitrogen and oxygen atoms in total. The van der Waals surface area contributed by atoms with Crippen LogP contribution in [0.3, 0.4) is 0 Å². The van der Waals surface area contributed by atoms with Gasteiger partial charge in [-0.05, 0) is 42.8 Å². The van der Waals surface area contributed by atoms with Crippen LogP contribution in [0.2, 0.25) is 0 Å². The highest BCUT2D eigenvalue weighted by molar-refractivity contribution is 9.10. The van der Waals surface area contributed by atoms with Gasteiger partial charge in [-0.2, -0.15) is 0 Å². The Morgan fingerprint density at radius 3 is 2.62 bits per heavy atom. The first-order valence-electron chi connectivity index (χ1n) is 6.83. The number of halogens is 1. The summed E-state index contributed by atoms with van der Waals surface area (Å²) < 4.78 is 11.7. The molecule has 0 heterocycles. The third kappa shape index (κ3) is 4.22. The van der Waals surface area contributed by atoms with Crippen molar-refractivity contribution in [3.63, 3.8) is 0 Å². The Labute approximate surface area is 134 Å².